The van der Waals surface area contributed by atoms with Crippen LogP contribution in [-0.2, 0) is 17.6 Å². The molecule has 0 aromatic heterocycles. The van der Waals surface area contributed by atoms with Gasteiger partial charge in [0, 0.05) is 17.5 Å². The predicted molar refractivity (Wildman–Crippen MR) is 96.4 cm³/mol. The molecule has 0 bridgehead atoms. The quantitative estimate of drug-likeness (QED) is 0.903. The standard InChI is InChI=1S/C21H22N2O2/c1-14-5-4-6-15(11-14)13-21(9-10-21)23-20(25)18-12-16-7-2-3-8-17(16)19(24)22-18/h2-8,11,18H,9-10,12-13H2,1H3,(H,22,24)(H,23,25)/t18-/m0/s1. The van der Waals surface area contributed by atoms with Crippen molar-refractivity contribution in [1.82, 2.24) is 10.6 Å². The minimum Gasteiger partial charge on any atom is -0.349 e. The van der Waals surface area contributed by atoms with E-state index in [0.717, 1.165) is 24.8 Å². The maximum Gasteiger partial charge on any atom is 0.252 e. The highest BCUT2D eigenvalue weighted by Crippen LogP contribution is 2.39. The SMILES string of the molecule is Cc1cccc(CC2(NC(=O)[C@@H]3Cc4ccccc4C(=O)N3)CC2)c1. The van der Waals surface area contributed by atoms with Gasteiger partial charge in [-0.25, -0.2) is 0 Å². The lowest BCUT2D eigenvalue weighted by Crippen LogP contribution is -2.54. The summed E-state index contributed by atoms with van der Waals surface area (Å²) >= 11 is 0. The third-order valence-corrected chi connectivity index (χ3v) is 5.17. The van der Waals surface area contributed by atoms with E-state index < -0.39 is 6.04 Å². The Morgan fingerprint density at radius 3 is 2.76 bits per heavy atom. The normalized spacial score (nSPS) is 20.4. The van der Waals surface area contributed by atoms with E-state index in [1.807, 2.05) is 18.2 Å². The molecule has 2 aromatic carbocycles. The molecule has 128 valence electrons. The van der Waals surface area contributed by atoms with E-state index in [-0.39, 0.29) is 17.4 Å². The van der Waals surface area contributed by atoms with Crippen molar-refractivity contribution in [2.24, 2.45) is 0 Å². The zero-order chi connectivity index (χ0) is 17.4. The van der Waals surface area contributed by atoms with Crippen molar-refractivity contribution in [1.29, 1.82) is 0 Å². The molecule has 1 aliphatic heterocycles. The molecule has 0 spiro atoms. The average molecular weight is 334 g/mol. The number of benzene rings is 2. The Balaban J connectivity index is 1.45. The van der Waals surface area contributed by atoms with Crippen LogP contribution in [0, 0.1) is 6.92 Å². The molecule has 1 atom stereocenters. The monoisotopic (exact) mass is 334 g/mol. The molecule has 25 heavy (non-hydrogen) atoms. The maximum absolute atomic E-state index is 12.7. The van der Waals surface area contributed by atoms with Gasteiger partial charge in [0.05, 0.1) is 0 Å². The Morgan fingerprint density at radius 1 is 1.20 bits per heavy atom. The summed E-state index contributed by atoms with van der Waals surface area (Å²) in [5, 5.41) is 6.05. The fourth-order valence-electron chi connectivity index (χ4n) is 3.64. The van der Waals surface area contributed by atoms with Crippen LogP contribution in [0.1, 0.15) is 39.9 Å². The smallest absolute Gasteiger partial charge is 0.252 e. The number of hydrogen-bond acceptors (Lipinski definition) is 2. The summed E-state index contributed by atoms with van der Waals surface area (Å²) in [6.07, 6.45) is 3.37. The van der Waals surface area contributed by atoms with E-state index in [4.69, 9.17) is 0 Å². The van der Waals surface area contributed by atoms with E-state index in [2.05, 4.69) is 41.8 Å². The van der Waals surface area contributed by atoms with Crippen molar-refractivity contribution < 1.29 is 9.59 Å². The summed E-state index contributed by atoms with van der Waals surface area (Å²) in [5.41, 5.74) is 3.95. The average Bonchev–Trinajstić information content (AvgIpc) is 3.33. The number of fused-ring (bicyclic) bond motifs is 1. The molecular formula is C21H22N2O2. The highest BCUT2D eigenvalue weighted by molar-refractivity contribution is 6.00. The largest absolute Gasteiger partial charge is 0.349 e. The van der Waals surface area contributed by atoms with Crippen molar-refractivity contribution in [3.8, 4) is 0 Å². The lowest BCUT2D eigenvalue weighted by atomic mass is 9.94. The lowest BCUT2D eigenvalue weighted by Gasteiger charge is -2.27. The second kappa shape index (κ2) is 6.03. The van der Waals surface area contributed by atoms with Gasteiger partial charge in [-0.3, -0.25) is 9.59 Å². The van der Waals surface area contributed by atoms with Gasteiger partial charge in [0.2, 0.25) is 5.91 Å². The van der Waals surface area contributed by atoms with Gasteiger partial charge < -0.3 is 10.6 Å². The van der Waals surface area contributed by atoms with Crippen LogP contribution in [0.3, 0.4) is 0 Å². The van der Waals surface area contributed by atoms with E-state index in [1.54, 1.807) is 6.07 Å². The van der Waals surface area contributed by atoms with E-state index >= 15 is 0 Å². The number of carbonyl (C=O) groups is 2. The van der Waals surface area contributed by atoms with Gasteiger partial charge in [0.15, 0.2) is 0 Å². The first-order chi connectivity index (χ1) is 12.0. The molecule has 1 fully saturated rings. The number of aryl methyl sites for hydroxylation is 1. The van der Waals surface area contributed by atoms with Crippen LogP contribution in [0.25, 0.3) is 0 Å². The molecule has 4 heteroatoms. The van der Waals surface area contributed by atoms with Crippen LogP contribution in [0.4, 0.5) is 0 Å². The van der Waals surface area contributed by atoms with Crippen LogP contribution in [0.5, 0.6) is 0 Å². The van der Waals surface area contributed by atoms with Crippen molar-refractivity contribution in [2.75, 3.05) is 0 Å². The maximum atomic E-state index is 12.7. The number of hydrogen-bond donors (Lipinski definition) is 2. The summed E-state index contributed by atoms with van der Waals surface area (Å²) in [5.74, 6) is -0.237. The zero-order valence-electron chi connectivity index (χ0n) is 14.3. The third-order valence-electron chi connectivity index (χ3n) is 5.17. The second-order valence-corrected chi connectivity index (χ2v) is 7.32. The molecule has 4 nitrogen and oxygen atoms in total. The summed E-state index contributed by atoms with van der Waals surface area (Å²) in [6, 6.07) is 15.4. The number of rotatable bonds is 4. The van der Waals surface area contributed by atoms with Crippen molar-refractivity contribution in [3.63, 3.8) is 0 Å². The molecule has 0 radical (unpaired) electrons. The molecule has 2 amide bonds. The molecule has 1 heterocycles. The van der Waals surface area contributed by atoms with Gasteiger partial charge >= 0.3 is 0 Å². The lowest BCUT2D eigenvalue weighted by molar-refractivity contribution is -0.124. The number of nitrogens with one attached hydrogen (secondary N) is 2. The summed E-state index contributed by atoms with van der Waals surface area (Å²) in [4.78, 5) is 25.0. The molecular weight excluding hydrogens is 312 g/mol. The van der Waals surface area contributed by atoms with Crippen LogP contribution in [-0.4, -0.2) is 23.4 Å². The van der Waals surface area contributed by atoms with Crippen LogP contribution < -0.4 is 10.6 Å². The Morgan fingerprint density at radius 2 is 2.00 bits per heavy atom. The summed E-state index contributed by atoms with van der Waals surface area (Å²) in [7, 11) is 0. The molecule has 2 aliphatic rings. The predicted octanol–water partition coefficient (Wildman–Crippen LogP) is 2.54. The van der Waals surface area contributed by atoms with Gasteiger partial charge in [0.1, 0.15) is 6.04 Å². The minimum absolute atomic E-state index is 0.0759. The Hall–Kier alpha value is -2.62. The Labute approximate surface area is 147 Å². The molecule has 1 aliphatic carbocycles. The highest BCUT2D eigenvalue weighted by Gasteiger charge is 2.45. The molecule has 1 saturated carbocycles. The zero-order valence-corrected chi connectivity index (χ0v) is 14.3. The highest BCUT2D eigenvalue weighted by atomic mass is 16.2. The van der Waals surface area contributed by atoms with Gasteiger partial charge in [0.25, 0.3) is 5.91 Å². The number of carbonyl (C=O) groups excluding carboxylic acids is 2. The summed E-state index contributed by atoms with van der Waals surface area (Å²) < 4.78 is 0. The topological polar surface area (TPSA) is 58.2 Å². The first-order valence-electron chi connectivity index (χ1n) is 8.81. The molecule has 4 rings (SSSR count). The van der Waals surface area contributed by atoms with Crippen molar-refractivity contribution >= 4 is 11.8 Å². The molecule has 2 N–H and O–H groups in total. The third kappa shape index (κ3) is 3.29. The van der Waals surface area contributed by atoms with Crippen LogP contribution >= 0.6 is 0 Å². The molecule has 0 unspecified atom stereocenters. The fourth-order valence-corrected chi connectivity index (χ4v) is 3.64. The van der Waals surface area contributed by atoms with Crippen molar-refractivity contribution in [3.05, 3.63) is 70.8 Å². The van der Waals surface area contributed by atoms with Gasteiger partial charge in [-0.1, -0.05) is 48.0 Å². The van der Waals surface area contributed by atoms with Crippen molar-refractivity contribution in [2.45, 2.75) is 44.2 Å². The van der Waals surface area contributed by atoms with Gasteiger partial charge in [-0.15, -0.1) is 0 Å². The van der Waals surface area contributed by atoms with Crippen LogP contribution in [0.2, 0.25) is 0 Å². The number of amides is 2. The van der Waals surface area contributed by atoms with Gasteiger partial charge in [-0.2, -0.15) is 0 Å². The van der Waals surface area contributed by atoms with E-state index in [0.29, 0.717) is 12.0 Å². The summed E-state index contributed by atoms with van der Waals surface area (Å²) in [6.45, 7) is 2.08. The Bertz CT molecular complexity index is 839. The fraction of sp³-hybridized carbons (Fsp3) is 0.333. The molecule has 0 saturated heterocycles. The first kappa shape index (κ1) is 15.9. The van der Waals surface area contributed by atoms with E-state index in [1.165, 1.54) is 11.1 Å². The first-order valence-corrected chi connectivity index (χ1v) is 8.81. The van der Waals surface area contributed by atoms with E-state index in [9.17, 15) is 9.59 Å². The minimum atomic E-state index is -0.489. The molecule has 2 aromatic rings. The Kier molecular flexibility index (Phi) is 3.83. The second-order valence-electron chi connectivity index (χ2n) is 7.32. The van der Waals surface area contributed by atoms with Crippen LogP contribution in [0.15, 0.2) is 48.5 Å². The van der Waals surface area contributed by atoms with Gasteiger partial charge in [-0.05, 0) is 43.4 Å².